The highest BCUT2D eigenvalue weighted by Crippen LogP contribution is 2.16. The highest BCUT2D eigenvalue weighted by molar-refractivity contribution is 14.0. The first-order chi connectivity index (χ1) is 11.5. The number of likely N-dealkylation sites (tertiary alicyclic amines) is 1. The molecule has 2 N–H and O–H groups in total. The fraction of sp³-hybridized carbons (Fsp3) is 0.650. The Bertz CT molecular complexity index is 529. The van der Waals surface area contributed by atoms with Gasteiger partial charge in [0.15, 0.2) is 5.96 Å². The topological polar surface area (TPSA) is 39.7 Å². The zero-order valence-corrected chi connectivity index (χ0v) is 18.6. The van der Waals surface area contributed by atoms with Gasteiger partial charge in [0.25, 0.3) is 0 Å². The first-order valence-corrected chi connectivity index (χ1v) is 9.26. The Labute approximate surface area is 170 Å². The van der Waals surface area contributed by atoms with Crippen molar-refractivity contribution >= 4 is 29.9 Å². The molecule has 4 nitrogen and oxygen atoms in total. The van der Waals surface area contributed by atoms with Crippen LogP contribution in [0.5, 0.6) is 0 Å². The summed E-state index contributed by atoms with van der Waals surface area (Å²) in [5.74, 6) is 0.854. The predicted octanol–water partition coefficient (Wildman–Crippen LogP) is 4.14. The maximum Gasteiger partial charge on any atom is 0.191 e. The number of rotatable bonds is 4. The van der Waals surface area contributed by atoms with Gasteiger partial charge in [0.1, 0.15) is 0 Å². The molecular weight excluding hydrogens is 423 g/mol. The van der Waals surface area contributed by atoms with Crippen LogP contribution in [-0.4, -0.2) is 36.5 Å². The number of nitrogens with zero attached hydrogens (tertiary/aromatic N) is 2. The van der Waals surface area contributed by atoms with Crippen molar-refractivity contribution in [3.05, 3.63) is 35.4 Å². The normalized spacial score (nSPS) is 16.7. The van der Waals surface area contributed by atoms with Crippen LogP contribution in [0.3, 0.4) is 0 Å². The van der Waals surface area contributed by atoms with Crippen molar-refractivity contribution in [3.8, 4) is 0 Å². The van der Waals surface area contributed by atoms with Gasteiger partial charge in [-0.1, -0.05) is 37.1 Å². The molecule has 0 bridgehead atoms. The standard InChI is InChI=1S/C20H34N4.HI/c1-20(2,3)23-19(21-4)22-15-17-11-7-8-12-18(17)16-24-13-9-5-6-10-14-24;/h7-8,11-12H,5-6,9-10,13-16H2,1-4H3,(H2,21,22,23);1H. The zero-order chi connectivity index (χ0) is 17.4. The molecule has 1 aliphatic heterocycles. The fourth-order valence-corrected chi connectivity index (χ4v) is 3.13. The van der Waals surface area contributed by atoms with E-state index in [1.807, 2.05) is 7.05 Å². The van der Waals surface area contributed by atoms with E-state index in [9.17, 15) is 0 Å². The van der Waals surface area contributed by atoms with E-state index in [1.165, 1.54) is 49.9 Å². The van der Waals surface area contributed by atoms with Gasteiger partial charge in [-0.15, -0.1) is 24.0 Å². The summed E-state index contributed by atoms with van der Waals surface area (Å²) in [7, 11) is 1.82. The lowest BCUT2D eigenvalue weighted by Gasteiger charge is -2.25. The van der Waals surface area contributed by atoms with Crippen LogP contribution in [-0.2, 0) is 13.1 Å². The third-order valence-electron chi connectivity index (χ3n) is 4.37. The molecule has 1 fully saturated rings. The Kier molecular flexibility index (Phi) is 9.79. The molecule has 0 radical (unpaired) electrons. The lowest BCUT2D eigenvalue weighted by Crippen LogP contribution is -2.47. The number of benzene rings is 1. The molecule has 0 amide bonds. The van der Waals surface area contributed by atoms with Crippen LogP contribution in [0, 0.1) is 0 Å². The summed E-state index contributed by atoms with van der Waals surface area (Å²) in [6.45, 7) is 10.8. The lowest BCUT2D eigenvalue weighted by atomic mass is 10.1. The van der Waals surface area contributed by atoms with Gasteiger partial charge in [0, 0.05) is 25.7 Å². The Morgan fingerprint density at radius 3 is 2.20 bits per heavy atom. The second-order valence-electron chi connectivity index (χ2n) is 7.76. The smallest absolute Gasteiger partial charge is 0.191 e. The van der Waals surface area contributed by atoms with Crippen LogP contribution < -0.4 is 10.6 Å². The third-order valence-corrected chi connectivity index (χ3v) is 4.37. The van der Waals surface area contributed by atoms with Crippen LogP contribution in [0.4, 0.5) is 0 Å². The Hall–Kier alpha value is -0.820. The largest absolute Gasteiger partial charge is 0.352 e. The van der Waals surface area contributed by atoms with E-state index in [2.05, 4.69) is 65.6 Å². The molecule has 0 saturated carbocycles. The summed E-state index contributed by atoms with van der Waals surface area (Å²) in [5, 5.41) is 6.87. The minimum absolute atomic E-state index is 0. The molecule has 1 saturated heterocycles. The van der Waals surface area contributed by atoms with Gasteiger partial charge in [0.05, 0.1) is 0 Å². The SMILES string of the molecule is CN=C(NCc1ccccc1CN1CCCCCC1)NC(C)(C)C.I. The van der Waals surface area contributed by atoms with Crippen molar-refractivity contribution in [2.75, 3.05) is 20.1 Å². The molecule has 1 heterocycles. The highest BCUT2D eigenvalue weighted by atomic mass is 127. The number of halogens is 1. The van der Waals surface area contributed by atoms with Crippen LogP contribution in [0.25, 0.3) is 0 Å². The van der Waals surface area contributed by atoms with Crippen LogP contribution in [0.2, 0.25) is 0 Å². The quantitative estimate of drug-likeness (QED) is 0.405. The molecule has 0 atom stereocenters. The number of hydrogen-bond acceptors (Lipinski definition) is 2. The fourth-order valence-electron chi connectivity index (χ4n) is 3.13. The third kappa shape index (κ3) is 8.40. The van der Waals surface area contributed by atoms with Gasteiger partial charge in [0.2, 0.25) is 0 Å². The molecule has 0 aliphatic carbocycles. The van der Waals surface area contributed by atoms with Crippen molar-refractivity contribution in [1.82, 2.24) is 15.5 Å². The first kappa shape index (κ1) is 22.2. The van der Waals surface area contributed by atoms with E-state index < -0.39 is 0 Å². The van der Waals surface area contributed by atoms with Gasteiger partial charge in [-0.25, -0.2) is 0 Å². The summed E-state index contributed by atoms with van der Waals surface area (Å²) in [5.41, 5.74) is 2.80. The number of nitrogens with one attached hydrogen (secondary N) is 2. The molecule has 0 spiro atoms. The van der Waals surface area contributed by atoms with Crippen molar-refractivity contribution in [3.63, 3.8) is 0 Å². The van der Waals surface area contributed by atoms with Crippen LogP contribution in [0.15, 0.2) is 29.3 Å². The summed E-state index contributed by atoms with van der Waals surface area (Å²) in [6, 6.07) is 8.77. The van der Waals surface area contributed by atoms with Crippen molar-refractivity contribution in [2.24, 2.45) is 4.99 Å². The summed E-state index contributed by atoms with van der Waals surface area (Å²) in [4.78, 5) is 6.94. The van der Waals surface area contributed by atoms with Crippen LogP contribution >= 0.6 is 24.0 Å². The summed E-state index contributed by atoms with van der Waals surface area (Å²) < 4.78 is 0. The molecule has 142 valence electrons. The Morgan fingerprint density at radius 2 is 1.64 bits per heavy atom. The van der Waals surface area contributed by atoms with E-state index >= 15 is 0 Å². The molecular formula is C20H35IN4. The molecule has 1 aromatic carbocycles. The van der Waals surface area contributed by atoms with Gasteiger partial charge in [-0.05, 0) is 57.8 Å². The minimum Gasteiger partial charge on any atom is -0.352 e. The monoisotopic (exact) mass is 458 g/mol. The summed E-state index contributed by atoms with van der Waals surface area (Å²) >= 11 is 0. The van der Waals surface area contributed by atoms with Gasteiger partial charge >= 0.3 is 0 Å². The minimum atomic E-state index is 0. The zero-order valence-electron chi connectivity index (χ0n) is 16.3. The highest BCUT2D eigenvalue weighted by Gasteiger charge is 2.14. The molecule has 1 aromatic rings. The van der Waals surface area contributed by atoms with E-state index in [-0.39, 0.29) is 29.5 Å². The average Bonchev–Trinajstić information content (AvgIpc) is 2.80. The molecule has 1 aliphatic rings. The molecule has 0 unspecified atom stereocenters. The van der Waals surface area contributed by atoms with Gasteiger partial charge < -0.3 is 10.6 Å². The van der Waals surface area contributed by atoms with Crippen molar-refractivity contribution in [2.45, 2.75) is 65.1 Å². The first-order valence-electron chi connectivity index (χ1n) is 9.26. The maximum absolute atomic E-state index is 4.33. The number of aliphatic imine (C=N–C) groups is 1. The maximum atomic E-state index is 4.33. The van der Waals surface area contributed by atoms with Gasteiger partial charge in [-0.3, -0.25) is 9.89 Å². The summed E-state index contributed by atoms with van der Waals surface area (Å²) in [6.07, 6.45) is 5.44. The predicted molar refractivity (Wildman–Crippen MR) is 119 cm³/mol. The molecule has 2 rings (SSSR count). The van der Waals surface area contributed by atoms with E-state index in [1.54, 1.807) is 0 Å². The van der Waals surface area contributed by atoms with E-state index in [4.69, 9.17) is 0 Å². The van der Waals surface area contributed by atoms with E-state index in [0.717, 1.165) is 19.0 Å². The van der Waals surface area contributed by atoms with E-state index in [0.29, 0.717) is 0 Å². The molecule has 5 heteroatoms. The molecule has 25 heavy (non-hydrogen) atoms. The second-order valence-corrected chi connectivity index (χ2v) is 7.76. The second kappa shape index (κ2) is 11.0. The Morgan fingerprint density at radius 1 is 1.04 bits per heavy atom. The Balaban J connectivity index is 0.00000312. The van der Waals surface area contributed by atoms with Crippen LogP contribution in [0.1, 0.15) is 57.6 Å². The molecule has 0 aromatic heterocycles. The van der Waals surface area contributed by atoms with Crippen molar-refractivity contribution in [1.29, 1.82) is 0 Å². The average molecular weight is 458 g/mol. The van der Waals surface area contributed by atoms with Crippen molar-refractivity contribution < 1.29 is 0 Å². The van der Waals surface area contributed by atoms with Gasteiger partial charge in [-0.2, -0.15) is 0 Å². The lowest BCUT2D eigenvalue weighted by molar-refractivity contribution is 0.276. The number of guanidine groups is 1. The number of hydrogen-bond donors (Lipinski definition) is 2.